The minimum absolute atomic E-state index is 0.0579. The molecule has 0 saturated carbocycles. The smallest absolute Gasteiger partial charge is 0.0379 e. The van der Waals surface area contributed by atoms with Crippen molar-refractivity contribution >= 4 is 0 Å². The van der Waals surface area contributed by atoms with Crippen LogP contribution in [0, 0.1) is 6.92 Å². The molecule has 0 aromatic heterocycles. The van der Waals surface area contributed by atoms with E-state index in [4.69, 9.17) is 0 Å². The highest BCUT2D eigenvalue weighted by atomic mass is 15.1. The summed E-state index contributed by atoms with van der Waals surface area (Å²) < 4.78 is 0. The molecule has 0 bridgehead atoms. The first-order valence-corrected chi connectivity index (χ1v) is 10.8. The summed E-state index contributed by atoms with van der Waals surface area (Å²) in [5.41, 5.74) is 6.55. The van der Waals surface area contributed by atoms with Crippen LogP contribution in [0.2, 0.25) is 0 Å². The molecule has 0 heterocycles. The van der Waals surface area contributed by atoms with Crippen LogP contribution < -0.4 is 10.6 Å². The molecule has 2 aromatic rings. The lowest BCUT2D eigenvalue weighted by Crippen LogP contribution is -2.39. The number of likely N-dealkylation sites (N-methyl/N-ethyl adjacent to an activating group) is 1. The van der Waals surface area contributed by atoms with E-state index >= 15 is 0 Å². The van der Waals surface area contributed by atoms with Gasteiger partial charge in [0.2, 0.25) is 0 Å². The van der Waals surface area contributed by atoms with Crippen LogP contribution in [0.5, 0.6) is 0 Å². The third-order valence-corrected chi connectivity index (χ3v) is 5.45. The van der Waals surface area contributed by atoms with E-state index in [0.29, 0.717) is 0 Å². The Hall–Kier alpha value is -2.10. The monoisotopic (exact) mass is 393 g/mol. The molecule has 0 fully saturated rings. The van der Waals surface area contributed by atoms with Gasteiger partial charge in [-0.1, -0.05) is 81.4 Å². The standard InChI is InChI=1S/C26H39N3/c1-7-23-10-12-24(13-11-23)19-29(18-22(3)28-17-16-27-6)20-26(4,5)25-14-8-21(2)9-15-25/h8-15,27-28H,3,7,16-20H2,1-2,4-6H3. The minimum atomic E-state index is 0.0579. The Bertz CT molecular complexity index is 745. The topological polar surface area (TPSA) is 27.3 Å². The first-order chi connectivity index (χ1) is 13.8. The molecule has 2 rings (SSSR count). The van der Waals surface area contributed by atoms with Crippen molar-refractivity contribution in [3.05, 3.63) is 83.1 Å². The highest BCUT2D eigenvalue weighted by Crippen LogP contribution is 2.26. The maximum atomic E-state index is 4.27. The lowest BCUT2D eigenvalue weighted by atomic mass is 9.83. The molecule has 3 heteroatoms. The third kappa shape index (κ3) is 7.68. The van der Waals surface area contributed by atoms with E-state index in [9.17, 15) is 0 Å². The Labute approximate surface area is 178 Å². The normalized spacial score (nSPS) is 11.7. The summed E-state index contributed by atoms with van der Waals surface area (Å²) in [6.45, 7) is 17.9. The van der Waals surface area contributed by atoms with E-state index in [2.05, 4.69) is 98.3 Å². The largest absolute Gasteiger partial charge is 0.386 e. The molecular weight excluding hydrogens is 354 g/mol. The summed E-state index contributed by atoms with van der Waals surface area (Å²) in [6.07, 6.45) is 1.08. The summed E-state index contributed by atoms with van der Waals surface area (Å²) in [6, 6.07) is 18.0. The van der Waals surface area contributed by atoms with Gasteiger partial charge in [0.15, 0.2) is 0 Å². The van der Waals surface area contributed by atoms with E-state index in [0.717, 1.165) is 44.8 Å². The molecule has 2 N–H and O–H groups in total. The van der Waals surface area contributed by atoms with Crippen LogP contribution in [0.25, 0.3) is 0 Å². The molecule has 0 aliphatic heterocycles. The second kappa shape index (κ2) is 11.2. The summed E-state index contributed by atoms with van der Waals surface area (Å²) in [4.78, 5) is 2.51. The lowest BCUT2D eigenvalue weighted by Gasteiger charge is -2.34. The third-order valence-electron chi connectivity index (χ3n) is 5.45. The van der Waals surface area contributed by atoms with Gasteiger partial charge < -0.3 is 10.6 Å². The molecule has 0 radical (unpaired) electrons. The maximum absolute atomic E-state index is 4.27. The highest BCUT2D eigenvalue weighted by molar-refractivity contribution is 5.28. The van der Waals surface area contributed by atoms with Crippen LogP contribution in [-0.4, -0.2) is 38.1 Å². The van der Waals surface area contributed by atoms with E-state index in [1.807, 2.05) is 7.05 Å². The van der Waals surface area contributed by atoms with Crippen molar-refractivity contribution in [2.45, 2.75) is 46.1 Å². The van der Waals surface area contributed by atoms with Gasteiger partial charge in [0.1, 0.15) is 0 Å². The predicted octanol–water partition coefficient (Wildman–Crippen LogP) is 4.66. The van der Waals surface area contributed by atoms with Gasteiger partial charge in [0, 0.05) is 43.8 Å². The second-order valence-corrected chi connectivity index (χ2v) is 8.70. The summed E-state index contributed by atoms with van der Waals surface area (Å²) in [7, 11) is 1.97. The average molecular weight is 394 g/mol. The number of nitrogens with zero attached hydrogens (tertiary/aromatic N) is 1. The van der Waals surface area contributed by atoms with Crippen molar-refractivity contribution in [3.63, 3.8) is 0 Å². The fourth-order valence-electron chi connectivity index (χ4n) is 3.65. The Morgan fingerprint density at radius 2 is 1.59 bits per heavy atom. The van der Waals surface area contributed by atoms with E-state index in [1.54, 1.807) is 0 Å². The van der Waals surface area contributed by atoms with Crippen LogP contribution in [0.4, 0.5) is 0 Å². The maximum Gasteiger partial charge on any atom is 0.0379 e. The van der Waals surface area contributed by atoms with Crippen LogP contribution >= 0.6 is 0 Å². The molecule has 0 unspecified atom stereocenters. The molecule has 29 heavy (non-hydrogen) atoms. The summed E-state index contributed by atoms with van der Waals surface area (Å²) in [5, 5.41) is 6.63. The molecule has 0 aliphatic carbocycles. The van der Waals surface area contributed by atoms with Crippen LogP contribution in [0.3, 0.4) is 0 Å². The van der Waals surface area contributed by atoms with Crippen molar-refractivity contribution in [3.8, 4) is 0 Å². The molecule has 2 aromatic carbocycles. The number of aryl methyl sites for hydroxylation is 2. The van der Waals surface area contributed by atoms with Crippen LogP contribution in [-0.2, 0) is 18.4 Å². The average Bonchev–Trinajstić information content (AvgIpc) is 2.68. The predicted molar refractivity (Wildman–Crippen MR) is 126 cm³/mol. The fourth-order valence-corrected chi connectivity index (χ4v) is 3.65. The Balaban J connectivity index is 2.13. The molecule has 158 valence electrons. The van der Waals surface area contributed by atoms with Crippen LogP contribution in [0.15, 0.2) is 60.8 Å². The van der Waals surface area contributed by atoms with Gasteiger partial charge in [-0.2, -0.15) is 0 Å². The lowest BCUT2D eigenvalue weighted by molar-refractivity contribution is 0.229. The fraction of sp³-hybridized carbons (Fsp3) is 0.462. The first-order valence-electron chi connectivity index (χ1n) is 10.8. The zero-order chi connectivity index (χ0) is 21.3. The molecule has 0 saturated heterocycles. The molecule has 0 aliphatic rings. The Morgan fingerprint density at radius 3 is 2.17 bits per heavy atom. The summed E-state index contributed by atoms with van der Waals surface area (Å²) >= 11 is 0. The van der Waals surface area contributed by atoms with Crippen molar-refractivity contribution < 1.29 is 0 Å². The van der Waals surface area contributed by atoms with Crippen molar-refractivity contribution in [2.75, 3.05) is 33.2 Å². The van der Waals surface area contributed by atoms with Gasteiger partial charge in [-0.15, -0.1) is 0 Å². The summed E-state index contributed by atoms with van der Waals surface area (Å²) in [5.74, 6) is 0. The van der Waals surface area contributed by atoms with E-state index in [-0.39, 0.29) is 5.41 Å². The quantitative estimate of drug-likeness (QED) is 0.514. The van der Waals surface area contributed by atoms with E-state index < -0.39 is 0 Å². The van der Waals surface area contributed by atoms with Gasteiger partial charge in [-0.05, 0) is 37.1 Å². The van der Waals surface area contributed by atoms with Crippen molar-refractivity contribution in [1.82, 2.24) is 15.5 Å². The number of nitrogens with one attached hydrogen (secondary N) is 2. The number of rotatable bonds is 12. The minimum Gasteiger partial charge on any atom is -0.386 e. The SMILES string of the molecule is C=C(CN(Cc1ccc(CC)cc1)CC(C)(C)c1ccc(C)cc1)NCCNC. The molecule has 0 spiro atoms. The van der Waals surface area contributed by atoms with Crippen molar-refractivity contribution in [2.24, 2.45) is 0 Å². The number of benzene rings is 2. The highest BCUT2D eigenvalue weighted by Gasteiger charge is 2.24. The number of hydrogen-bond donors (Lipinski definition) is 2. The van der Waals surface area contributed by atoms with Crippen molar-refractivity contribution in [1.29, 1.82) is 0 Å². The van der Waals surface area contributed by atoms with Gasteiger partial charge in [0.25, 0.3) is 0 Å². The molecule has 3 nitrogen and oxygen atoms in total. The van der Waals surface area contributed by atoms with Gasteiger partial charge >= 0.3 is 0 Å². The molecular formula is C26H39N3. The van der Waals surface area contributed by atoms with Gasteiger partial charge in [0.05, 0.1) is 0 Å². The van der Waals surface area contributed by atoms with Crippen LogP contribution in [0.1, 0.15) is 43.0 Å². The first kappa shape index (κ1) is 23.2. The Kier molecular flexibility index (Phi) is 8.94. The van der Waals surface area contributed by atoms with Gasteiger partial charge in [-0.3, -0.25) is 4.90 Å². The second-order valence-electron chi connectivity index (χ2n) is 8.70. The zero-order valence-corrected chi connectivity index (χ0v) is 19.0. The van der Waals surface area contributed by atoms with E-state index in [1.165, 1.54) is 22.3 Å². The van der Waals surface area contributed by atoms with Gasteiger partial charge in [-0.25, -0.2) is 0 Å². The molecule has 0 amide bonds. The number of hydrogen-bond acceptors (Lipinski definition) is 3. The molecule has 0 atom stereocenters. The Morgan fingerprint density at radius 1 is 0.966 bits per heavy atom. The zero-order valence-electron chi connectivity index (χ0n) is 19.0.